The van der Waals surface area contributed by atoms with Gasteiger partial charge in [-0.1, -0.05) is 65.8 Å². The summed E-state index contributed by atoms with van der Waals surface area (Å²) in [5.41, 5.74) is 11.1. The fourth-order valence-electron chi connectivity index (χ4n) is 2.82. The molecule has 5 nitrogen and oxygen atoms in total. The molecule has 3 rings (SSSR count). The van der Waals surface area contributed by atoms with E-state index in [0.29, 0.717) is 19.8 Å². The van der Waals surface area contributed by atoms with Crippen LogP contribution < -0.4 is 0 Å². The molecule has 0 radical (unpaired) electrons. The standard InChI is InChI=1S/C19H21N3O2S/c20-22-21-17-14-25-18(13-23-11-15-7-3-1-4-8-15)19(17)24-12-16-9-5-2-6-10-16/h1-10,17-19H,11-14H2/t17-,18+,19-/m1/s1. The maximum atomic E-state index is 8.80. The number of hydrogen-bond acceptors (Lipinski definition) is 4. The largest absolute Gasteiger partial charge is 0.376 e. The summed E-state index contributed by atoms with van der Waals surface area (Å²) >= 11 is 1.75. The molecule has 0 aliphatic carbocycles. The summed E-state index contributed by atoms with van der Waals surface area (Å²) in [5, 5.41) is 4.08. The Hall–Kier alpha value is -1.98. The van der Waals surface area contributed by atoms with Crippen molar-refractivity contribution in [1.29, 1.82) is 0 Å². The highest BCUT2D eigenvalue weighted by Gasteiger charge is 2.37. The fourth-order valence-corrected chi connectivity index (χ4v) is 4.16. The third kappa shape index (κ3) is 5.25. The summed E-state index contributed by atoms with van der Waals surface area (Å²) in [6.45, 7) is 1.67. The minimum absolute atomic E-state index is 0.128. The van der Waals surface area contributed by atoms with Gasteiger partial charge in [0.2, 0.25) is 0 Å². The van der Waals surface area contributed by atoms with Gasteiger partial charge >= 0.3 is 0 Å². The van der Waals surface area contributed by atoms with Crippen molar-refractivity contribution in [3.05, 3.63) is 82.2 Å². The van der Waals surface area contributed by atoms with E-state index < -0.39 is 0 Å². The first-order valence-electron chi connectivity index (χ1n) is 8.30. The molecule has 0 amide bonds. The summed E-state index contributed by atoms with van der Waals surface area (Å²) in [7, 11) is 0. The quantitative estimate of drug-likeness (QED) is 0.395. The molecule has 0 spiro atoms. The maximum absolute atomic E-state index is 8.80. The number of benzene rings is 2. The van der Waals surface area contributed by atoms with Crippen LogP contribution in [-0.2, 0) is 22.7 Å². The Labute approximate surface area is 152 Å². The van der Waals surface area contributed by atoms with Crippen molar-refractivity contribution >= 4 is 11.8 Å². The van der Waals surface area contributed by atoms with Gasteiger partial charge in [-0.05, 0) is 16.7 Å². The Balaban J connectivity index is 1.55. The second kappa shape index (κ2) is 9.49. The Morgan fingerprint density at radius 3 is 2.28 bits per heavy atom. The van der Waals surface area contributed by atoms with Crippen molar-refractivity contribution in [2.24, 2.45) is 5.11 Å². The van der Waals surface area contributed by atoms with E-state index >= 15 is 0 Å². The van der Waals surface area contributed by atoms with E-state index in [9.17, 15) is 0 Å². The molecule has 130 valence electrons. The van der Waals surface area contributed by atoms with E-state index in [1.807, 2.05) is 60.7 Å². The summed E-state index contributed by atoms with van der Waals surface area (Å²) in [4.78, 5) is 2.98. The van der Waals surface area contributed by atoms with E-state index in [0.717, 1.165) is 16.9 Å². The molecule has 0 saturated carbocycles. The predicted octanol–water partition coefficient (Wildman–Crippen LogP) is 4.58. The van der Waals surface area contributed by atoms with Gasteiger partial charge in [0.15, 0.2) is 0 Å². The van der Waals surface area contributed by atoms with Crippen LogP contribution in [0.25, 0.3) is 10.4 Å². The second-order valence-corrected chi connectivity index (χ2v) is 7.18. The summed E-state index contributed by atoms with van der Waals surface area (Å²) in [5.74, 6) is 0.767. The van der Waals surface area contributed by atoms with Gasteiger partial charge in [-0.2, -0.15) is 11.8 Å². The zero-order valence-corrected chi connectivity index (χ0v) is 14.7. The molecule has 1 aliphatic rings. The molecule has 3 atom stereocenters. The zero-order chi connectivity index (χ0) is 17.3. The number of hydrogen-bond donors (Lipinski definition) is 0. The summed E-state index contributed by atoms with van der Waals surface area (Å²) in [6.07, 6.45) is -0.128. The smallest absolute Gasteiger partial charge is 0.0813 e. The topological polar surface area (TPSA) is 67.2 Å². The molecule has 6 heteroatoms. The third-order valence-corrected chi connectivity index (χ3v) is 5.47. The Kier molecular flexibility index (Phi) is 6.77. The molecule has 0 bridgehead atoms. The lowest BCUT2D eigenvalue weighted by Crippen LogP contribution is -2.33. The normalized spacial score (nSPS) is 22.5. The number of thioether (sulfide) groups is 1. The van der Waals surface area contributed by atoms with Crippen molar-refractivity contribution in [2.45, 2.75) is 30.6 Å². The first kappa shape index (κ1) is 17.8. The van der Waals surface area contributed by atoms with E-state index in [4.69, 9.17) is 15.0 Å². The van der Waals surface area contributed by atoms with Crippen LogP contribution in [0.1, 0.15) is 11.1 Å². The molecule has 2 aromatic carbocycles. The fraction of sp³-hybridized carbons (Fsp3) is 0.368. The maximum Gasteiger partial charge on any atom is 0.0813 e. The van der Waals surface area contributed by atoms with E-state index in [1.165, 1.54) is 0 Å². The first-order valence-corrected chi connectivity index (χ1v) is 9.34. The van der Waals surface area contributed by atoms with Crippen molar-refractivity contribution in [1.82, 2.24) is 0 Å². The van der Waals surface area contributed by atoms with E-state index in [2.05, 4.69) is 10.0 Å². The predicted molar refractivity (Wildman–Crippen MR) is 100 cm³/mol. The van der Waals surface area contributed by atoms with Crippen LogP contribution >= 0.6 is 11.8 Å². The van der Waals surface area contributed by atoms with Crippen LogP contribution in [0.2, 0.25) is 0 Å². The third-order valence-electron chi connectivity index (χ3n) is 4.11. The summed E-state index contributed by atoms with van der Waals surface area (Å²) in [6, 6.07) is 20.0. The molecule has 0 N–H and O–H groups in total. The molecule has 1 heterocycles. The monoisotopic (exact) mass is 355 g/mol. The lowest BCUT2D eigenvalue weighted by molar-refractivity contribution is 0.00926. The highest BCUT2D eigenvalue weighted by Crippen LogP contribution is 2.32. The molecule has 1 fully saturated rings. The number of rotatable bonds is 8. The molecule has 0 unspecified atom stereocenters. The molecule has 1 aliphatic heterocycles. The molecule has 25 heavy (non-hydrogen) atoms. The van der Waals surface area contributed by atoms with Gasteiger partial charge < -0.3 is 9.47 Å². The van der Waals surface area contributed by atoms with Crippen molar-refractivity contribution in [3.8, 4) is 0 Å². The van der Waals surface area contributed by atoms with Crippen molar-refractivity contribution < 1.29 is 9.47 Å². The van der Waals surface area contributed by atoms with Gasteiger partial charge in [-0.15, -0.1) is 0 Å². The molecule has 0 aromatic heterocycles. The van der Waals surface area contributed by atoms with Crippen molar-refractivity contribution in [3.63, 3.8) is 0 Å². The Morgan fingerprint density at radius 1 is 1.00 bits per heavy atom. The van der Waals surface area contributed by atoms with Crippen LogP contribution in [0.5, 0.6) is 0 Å². The lowest BCUT2D eigenvalue weighted by Gasteiger charge is -2.22. The van der Waals surface area contributed by atoms with Crippen LogP contribution in [0.3, 0.4) is 0 Å². The van der Waals surface area contributed by atoms with Gasteiger partial charge in [0, 0.05) is 10.7 Å². The molecule has 2 aromatic rings. The van der Waals surface area contributed by atoms with Crippen LogP contribution in [0.15, 0.2) is 65.8 Å². The Morgan fingerprint density at radius 2 is 1.64 bits per heavy atom. The van der Waals surface area contributed by atoms with Crippen LogP contribution in [0, 0.1) is 0 Å². The average Bonchev–Trinajstić information content (AvgIpc) is 3.04. The number of ether oxygens (including phenoxy) is 2. The van der Waals surface area contributed by atoms with Gasteiger partial charge in [0.25, 0.3) is 0 Å². The lowest BCUT2D eigenvalue weighted by atomic mass is 10.1. The minimum atomic E-state index is -0.149. The Bertz CT molecular complexity index is 692. The van der Waals surface area contributed by atoms with Gasteiger partial charge in [-0.3, -0.25) is 0 Å². The molecular weight excluding hydrogens is 334 g/mol. The number of azide groups is 1. The second-order valence-electron chi connectivity index (χ2n) is 5.91. The van der Waals surface area contributed by atoms with Crippen molar-refractivity contribution in [2.75, 3.05) is 12.4 Å². The minimum Gasteiger partial charge on any atom is -0.376 e. The zero-order valence-electron chi connectivity index (χ0n) is 13.9. The van der Waals surface area contributed by atoms with Crippen LogP contribution in [-0.4, -0.2) is 29.8 Å². The van der Waals surface area contributed by atoms with Gasteiger partial charge in [0.05, 0.1) is 37.2 Å². The summed E-state index contributed by atoms with van der Waals surface area (Å²) < 4.78 is 12.0. The highest BCUT2D eigenvalue weighted by molar-refractivity contribution is 8.00. The molecule has 1 saturated heterocycles. The highest BCUT2D eigenvalue weighted by atomic mass is 32.2. The first-order chi connectivity index (χ1) is 12.4. The van der Waals surface area contributed by atoms with Gasteiger partial charge in [-0.25, -0.2) is 0 Å². The van der Waals surface area contributed by atoms with Crippen LogP contribution in [0.4, 0.5) is 0 Å². The SMILES string of the molecule is [N-]=[N+]=N[C@@H]1CS[C@@H](COCc2ccccc2)[C@@H]1OCc1ccccc1. The molecular formula is C19H21N3O2S. The van der Waals surface area contributed by atoms with E-state index in [1.54, 1.807) is 11.8 Å². The van der Waals surface area contributed by atoms with Gasteiger partial charge in [0.1, 0.15) is 0 Å². The average molecular weight is 355 g/mol. The number of nitrogens with zero attached hydrogens (tertiary/aromatic N) is 3. The van der Waals surface area contributed by atoms with E-state index in [-0.39, 0.29) is 17.4 Å².